The van der Waals surface area contributed by atoms with Gasteiger partial charge in [-0.25, -0.2) is 4.98 Å². The molecule has 3 aromatic rings. The predicted molar refractivity (Wildman–Crippen MR) is 103 cm³/mol. The van der Waals surface area contributed by atoms with Crippen LogP contribution in [0.5, 0.6) is 0 Å². The van der Waals surface area contributed by atoms with E-state index in [2.05, 4.69) is 41.5 Å². The second-order valence-corrected chi connectivity index (χ2v) is 6.27. The number of rotatable bonds is 6. The van der Waals surface area contributed by atoms with E-state index in [1.807, 2.05) is 49.4 Å². The van der Waals surface area contributed by atoms with Gasteiger partial charge in [0.2, 0.25) is 5.95 Å². The Bertz CT molecular complexity index is 857. The lowest BCUT2D eigenvalue weighted by Crippen LogP contribution is -2.10. The maximum atomic E-state index is 9.02. The van der Waals surface area contributed by atoms with Crippen molar-refractivity contribution in [3.63, 3.8) is 0 Å². The molecule has 7 heteroatoms. The topological polar surface area (TPSA) is 83.0 Å². The Morgan fingerprint density at radius 3 is 2.68 bits per heavy atom. The van der Waals surface area contributed by atoms with Crippen molar-refractivity contribution in [2.75, 3.05) is 23.8 Å². The number of aromatic nitrogens is 3. The number of nitrogens with one attached hydrogen (secondary N) is 2. The molecule has 0 unspecified atom stereocenters. The number of hydrogen-bond donors (Lipinski definition) is 3. The van der Waals surface area contributed by atoms with E-state index in [0.29, 0.717) is 24.0 Å². The molecule has 0 radical (unpaired) electrons. The van der Waals surface area contributed by atoms with Crippen LogP contribution in [0.25, 0.3) is 11.4 Å². The van der Waals surface area contributed by atoms with Gasteiger partial charge in [-0.3, -0.25) is 4.98 Å². The number of halogens is 1. The number of benzene rings is 1. The van der Waals surface area contributed by atoms with Crippen LogP contribution in [-0.2, 0) is 0 Å². The smallest absolute Gasteiger partial charge is 0.225 e. The zero-order valence-corrected chi connectivity index (χ0v) is 15.3. The Labute approximate surface area is 154 Å². The van der Waals surface area contributed by atoms with E-state index in [4.69, 9.17) is 5.11 Å². The summed E-state index contributed by atoms with van der Waals surface area (Å²) in [5, 5.41) is 15.3. The van der Waals surface area contributed by atoms with Gasteiger partial charge >= 0.3 is 0 Å². The average Bonchev–Trinajstić information content (AvgIpc) is 2.63. The molecule has 0 fully saturated rings. The highest BCUT2D eigenvalue weighted by Gasteiger charge is 2.08. The lowest BCUT2D eigenvalue weighted by atomic mass is 10.2. The number of pyridine rings is 1. The molecule has 2 heterocycles. The summed E-state index contributed by atoms with van der Waals surface area (Å²) >= 11 is 3.50. The molecule has 0 amide bonds. The summed E-state index contributed by atoms with van der Waals surface area (Å²) in [5.41, 5.74) is 3.52. The minimum Gasteiger partial charge on any atom is -0.395 e. The van der Waals surface area contributed by atoms with Gasteiger partial charge in [-0.1, -0.05) is 22.0 Å². The number of anilines is 3. The first-order valence-corrected chi connectivity index (χ1v) is 8.63. The van der Waals surface area contributed by atoms with Gasteiger partial charge < -0.3 is 15.7 Å². The van der Waals surface area contributed by atoms with Gasteiger partial charge in [-0.05, 0) is 42.8 Å². The number of nitrogens with zero attached hydrogens (tertiary/aromatic N) is 3. The Kier molecular flexibility index (Phi) is 5.57. The Balaban J connectivity index is 1.95. The maximum Gasteiger partial charge on any atom is 0.225 e. The second kappa shape index (κ2) is 8.04. The third-order valence-electron chi connectivity index (χ3n) is 3.48. The fraction of sp³-hybridized carbons (Fsp3) is 0.167. The summed E-state index contributed by atoms with van der Waals surface area (Å²) < 4.78 is 1.06. The van der Waals surface area contributed by atoms with E-state index < -0.39 is 0 Å². The maximum absolute atomic E-state index is 9.02. The SMILES string of the molecule is Cc1cc(Nc2cc(-c3ccccn3)nc(NCCO)n2)ccc1Br. The van der Waals surface area contributed by atoms with Crippen LogP contribution in [0.15, 0.2) is 53.1 Å². The first-order valence-electron chi connectivity index (χ1n) is 7.84. The second-order valence-electron chi connectivity index (χ2n) is 5.42. The summed E-state index contributed by atoms with van der Waals surface area (Å²) in [6, 6.07) is 13.5. The van der Waals surface area contributed by atoms with Crippen molar-refractivity contribution in [1.29, 1.82) is 0 Å². The molecule has 1 aromatic carbocycles. The van der Waals surface area contributed by atoms with Crippen LogP contribution < -0.4 is 10.6 Å². The number of hydrogen-bond acceptors (Lipinski definition) is 6. The summed E-state index contributed by atoms with van der Waals surface area (Å²) in [6.45, 7) is 2.41. The van der Waals surface area contributed by atoms with Crippen molar-refractivity contribution in [1.82, 2.24) is 15.0 Å². The molecule has 0 aliphatic carbocycles. The van der Waals surface area contributed by atoms with E-state index >= 15 is 0 Å². The molecule has 3 rings (SSSR count). The van der Waals surface area contributed by atoms with E-state index in [0.717, 1.165) is 21.4 Å². The molecule has 128 valence electrons. The molecule has 25 heavy (non-hydrogen) atoms. The zero-order chi connectivity index (χ0) is 17.6. The highest BCUT2D eigenvalue weighted by Crippen LogP contribution is 2.25. The van der Waals surface area contributed by atoms with E-state index in [1.54, 1.807) is 6.20 Å². The standard InChI is InChI=1S/C18H18BrN5O/c1-12-10-13(5-6-14(12)19)22-17-11-16(15-4-2-3-7-20-15)23-18(24-17)21-8-9-25/h2-7,10-11,25H,8-9H2,1H3,(H2,21,22,23,24). The molecule has 3 N–H and O–H groups in total. The van der Waals surface area contributed by atoms with Crippen molar-refractivity contribution in [3.05, 3.63) is 58.7 Å². The van der Waals surface area contributed by atoms with Gasteiger partial charge in [0.05, 0.1) is 18.0 Å². The Morgan fingerprint density at radius 1 is 1.08 bits per heavy atom. The first kappa shape index (κ1) is 17.3. The summed E-state index contributed by atoms with van der Waals surface area (Å²) in [5.74, 6) is 1.09. The van der Waals surface area contributed by atoms with Crippen molar-refractivity contribution in [2.24, 2.45) is 0 Å². The lowest BCUT2D eigenvalue weighted by molar-refractivity contribution is 0.311. The van der Waals surface area contributed by atoms with Crippen LogP contribution in [0.3, 0.4) is 0 Å². The van der Waals surface area contributed by atoms with Crippen LogP contribution in [0.4, 0.5) is 17.5 Å². The molecule has 0 saturated heterocycles. The largest absolute Gasteiger partial charge is 0.395 e. The lowest BCUT2D eigenvalue weighted by Gasteiger charge is -2.11. The molecule has 0 aliphatic rings. The van der Waals surface area contributed by atoms with Crippen molar-refractivity contribution in [2.45, 2.75) is 6.92 Å². The normalized spacial score (nSPS) is 10.5. The summed E-state index contributed by atoms with van der Waals surface area (Å²) in [4.78, 5) is 13.3. The monoisotopic (exact) mass is 399 g/mol. The van der Waals surface area contributed by atoms with E-state index in [1.165, 1.54) is 0 Å². The molecular weight excluding hydrogens is 382 g/mol. The molecular formula is C18H18BrN5O. The first-order chi connectivity index (χ1) is 12.2. The Hall–Kier alpha value is -2.51. The van der Waals surface area contributed by atoms with Crippen molar-refractivity contribution < 1.29 is 5.11 Å². The highest BCUT2D eigenvalue weighted by atomic mass is 79.9. The van der Waals surface area contributed by atoms with Gasteiger partial charge in [-0.2, -0.15) is 4.98 Å². The molecule has 0 atom stereocenters. The molecule has 0 saturated carbocycles. The quantitative estimate of drug-likeness (QED) is 0.585. The molecule has 0 bridgehead atoms. The van der Waals surface area contributed by atoms with Crippen LogP contribution in [0, 0.1) is 6.92 Å². The summed E-state index contributed by atoms with van der Waals surface area (Å²) in [7, 11) is 0. The van der Waals surface area contributed by atoms with Crippen LogP contribution in [0.1, 0.15) is 5.56 Å². The van der Waals surface area contributed by atoms with Gasteiger partial charge in [-0.15, -0.1) is 0 Å². The molecule has 0 aliphatic heterocycles. The summed E-state index contributed by atoms with van der Waals surface area (Å²) in [6.07, 6.45) is 1.73. The minimum absolute atomic E-state index is 0.00580. The number of aliphatic hydroxyl groups is 1. The van der Waals surface area contributed by atoms with Gasteiger partial charge in [0.1, 0.15) is 5.82 Å². The third-order valence-corrected chi connectivity index (χ3v) is 4.37. The highest BCUT2D eigenvalue weighted by molar-refractivity contribution is 9.10. The van der Waals surface area contributed by atoms with Gasteiger partial charge in [0.25, 0.3) is 0 Å². The van der Waals surface area contributed by atoms with Crippen LogP contribution >= 0.6 is 15.9 Å². The van der Waals surface area contributed by atoms with E-state index in [-0.39, 0.29) is 6.61 Å². The van der Waals surface area contributed by atoms with Crippen LogP contribution in [0.2, 0.25) is 0 Å². The number of aliphatic hydroxyl groups excluding tert-OH is 1. The minimum atomic E-state index is 0.00580. The van der Waals surface area contributed by atoms with Gasteiger partial charge in [0, 0.05) is 29.0 Å². The predicted octanol–water partition coefficient (Wildman–Crippen LogP) is 3.76. The third kappa shape index (κ3) is 4.52. The zero-order valence-electron chi connectivity index (χ0n) is 13.7. The van der Waals surface area contributed by atoms with Crippen molar-refractivity contribution >= 4 is 33.4 Å². The fourth-order valence-corrected chi connectivity index (χ4v) is 2.52. The fourth-order valence-electron chi connectivity index (χ4n) is 2.27. The average molecular weight is 400 g/mol. The molecule has 0 spiro atoms. The van der Waals surface area contributed by atoms with E-state index in [9.17, 15) is 0 Å². The van der Waals surface area contributed by atoms with Gasteiger partial charge in [0.15, 0.2) is 0 Å². The molecule has 6 nitrogen and oxygen atoms in total. The number of aryl methyl sites for hydroxylation is 1. The van der Waals surface area contributed by atoms with Crippen LogP contribution in [-0.4, -0.2) is 33.2 Å². The van der Waals surface area contributed by atoms with Crippen molar-refractivity contribution in [3.8, 4) is 11.4 Å². The molecule has 2 aromatic heterocycles. The Morgan fingerprint density at radius 2 is 1.96 bits per heavy atom.